The monoisotopic (exact) mass is 538 g/mol. The van der Waals surface area contributed by atoms with Crippen molar-refractivity contribution in [2.45, 2.75) is 11.2 Å². The number of carbonyl (C=O) groups is 1. The molecule has 0 saturated carbocycles. The molecule has 0 radical (unpaired) electrons. The maximum absolute atomic E-state index is 12.3. The maximum atomic E-state index is 12.3. The molecule has 2 N–H and O–H groups in total. The molecule has 190 valence electrons. The van der Waals surface area contributed by atoms with Crippen molar-refractivity contribution in [3.8, 4) is 0 Å². The third-order valence-electron chi connectivity index (χ3n) is 6.15. The molecule has 0 fully saturated rings. The number of nitrogens with one attached hydrogen (secondary N) is 2. The van der Waals surface area contributed by atoms with E-state index in [-0.39, 0.29) is 6.03 Å². The van der Waals surface area contributed by atoms with Crippen molar-refractivity contribution in [3.63, 3.8) is 0 Å². The van der Waals surface area contributed by atoms with Crippen molar-refractivity contribution in [2.24, 2.45) is 0 Å². The van der Waals surface area contributed by atoms with Gasteiger partial charge in [-0.15, -0.1) is 0 Å². The van der Waals surface area contributed by atoms with Crippen LogP contribution in [0.1, 0.15) is 22.4 Å². The molecule has 2 amide bonds. The largest absolute Gasteiger partial charge is 0.337 e. The summed E-state index contributed by atoms with van der Waals surface area (Å²) in [5.74, 6) is 0. The molecule has 5 nitrogen and oxygen atoms in total. The normalized spacial score (nSPS) is 11.2. The van der Waals surface area contributed by atoms with E-state index in [0.717, 1.165) is 5.69 Å². The van der Waals surface area contributed by atoms with Gasteiger partial charge < -0.3 is 10.6 Å². The van der Waals surface area contributed by atoms with Crippen LogP contribution in [0.25, 0.3) is 0 Å². The van der Waals surface area contributed by atoms with Crippen molar-refractivity contribution < 1.29 is 4.79 Å². The Balaban J connectivity index is 1.35. The summed E-state index contributed by atoms with van der Waals surface area (Å²) in [6, 6.07) is 38.4. The van der Waals surface area contributed by atoms with Gasteiger partial charge in [0.2, 0.25) is 0 Å². The fourth-order valence-electron chi connectivity index (χ4n) is 4.40. The Kier molecular flexibility index (Phi) is 8.12. The molecule has 0 spiro atoms. The van der Waals surface area contributed by atoms with Crippen LogP contribution in [0.4, 0.5) is 10.5 Å². The van der Waals surface area contributed by atoms with Crippen molar-refractivity contribution in [3.05, 3.63) is 155 Å². The Morgan fingerprint density at radius 1 is 0.816 bits per heavy atom. The van der Waals surface area contributed by atoms with Gasteiger partial charge in [0.1, 0.15) is 11.1 Å². The quantitative estimate of drug-likeness (QED) is 0.192. The molecule has 5 aromatic rings. The minimum Gasteiger partial charge on any atom is -0.337 e. The number of hydrogen-bond donors (Lipinski definition) is 2. The molecular weight excluding hydrogens is 512 g/mol. The minimum atomic E-state index is -0.489. The second kappa shape index (κ2) is 12.0. The summed E-state index contributed by atoms with van der Waals surface area (Å²) in [6.45, 7) is 0.454. The van der Waals surface area contributed by atoms with Crippen LogP contribution in [0.15, 0.2) is 128 Å². The SMILES string of the molecule is O=C(NCCc1cn(SC(c2ccccc2)(c2ccccc2)c2ccccc2)cn1)Nc1cccc(Cl)c1. The summed E-state index contributed by atoms with van der Waals surface area (Å²) in [4.78, 5) is 16.9. The van der Waals surface area contributed by atoms with E-state index in [4.69, 9.17) is 11.6 Å². The molecule has 0 bridgehead atoms. The highest BCUT2D eigenvalue weighted by Crippen LogP contribution is 2.48. The zero-order valence-electron chi connectivity index (χ0n) is 20.6. The third kappa shape index (κ3) is 5.93. The maximum Gasteiger partial charge on any atom is 0.319 e. The Morgan fingerprint density at radius 3 is 1.95 bits per heavy atom. The van der Waals surface area contributed by atoms with Crippen LogP contribution >= 0.6 is 23.5 Å². The van der Waals surface area contributed by atoms with Gasteiger partial charge in [-0.1, -0.05) is 109 Å². The molecular formula is C31H27ClN4OS. The van der Waals surface area contributed by atoms with E-state index in [9.17, 15) is 4.79 Å². The second-order valence-corrected chi connectivity index (χ2v) is 10.4. The number of urea groups is 1. The average Bonchev–Trinajstić information content (AvgIpc) is 3.40. The lowest BCUT2D eigenvalue weighted by Crippen LogP contribution is -2.30. The highest BCUT2D eigenvalue weighted by atomic mass is 35.5. The topological polar surface area (TPSA) is 59.0 Å². The molecule has 0 atom stereocenters. The number of anilines is 1. The lowest BCUT2D eigenvalue weighted by atomic mass is 9.84. The molecule has 0 unspecified atom stereocenters. The van der Waals surface area contributed by atoms with E-state index in [1.165, 1.54) is 16.7 Å². The van der Waals surface area contributed by atoms with Gasteiger partial charge >= 0.3 is 6.03 Å². The van der Waals surface area contributed by atoms with Gasteiger partial charge in [0.25, 0.3) is 0 Å². The molecule has 7 heteroatoms. The van der Waals surface area contributed by atoms with E-state index in [1.54, 1.807) is 36.2 Å². The number of aromatic nitrogens is 2. The predicted molar refractivity (Wildman–Crippen MR) is 157 cm³/mol. The lowest BCUT2D eigenvalue weighted by molar-refractivity contribution is 0.252. The first-order valence-corrected chi connectivity index (χ1v) is 13.5. The Labute approximate surface area is 232 Å². The second-order valence-electron chi connectivity index (χ2n) is 8.74. The van der Waals surface area contributed by atoms with Crippen LogP contribution in [0.3, 0.4) is 0 Å². The molecule has 1 heterocycles. The number of halogens is 1. The summed E-state index contributed by atoms with van der Waals surface area (Å²) in [5, 5.41) is 6.25. The number of amides is 2. The lowest BCUT2D eigenvalue weighted by Gasteiger charge is -2.35. The molecule has 0 saturated heterocycles. The minimum absolute atomic E-state index is 0.280. The highest BCUT2D eigenvalue weighted by Gasteiger charge is 2.38. The number of rotatable bonds is 9. The molecule has 4 aromatic carbocycles. The highest BCUT2D eigenvalue weighted by molar-refractivity contribution is 7.99. The molecule has 38 heavy (non-hydrogen) atoms. The third-order valence-corrected chi connectivity index (χ3v) is 7.77. The number of benzene rings is 4. The summed E-state index contributed by atoms with van der Waals surface area (Å²) in [7, 11) is 0. The summed E-state index contributed by atoms with van der Waals surface area (Å²) < 4.78 is 1.57. The molecule has 0 aliphatic rings. The van der Waals surface area contributed by atoms with Gasteiger partial charge in [-0.2, -0.15) is 0 Å². The van der Waals surface area contributed by atoms with Crippen LogP contribution in [-0.4, -0.2) is 21.5 Å². The van der Waals surface area contributed by atoms with Gasteiger partial charge in [-0.25, -0.2) is 9.78 Å². The van der Waals surface area contributed by atoms with E-state index < -0.39 is 4.75 Å². The first-order valence-electron chi connectivity index (χ1n) is 12.3. The zero-order chi connectivity index (χ0) is 26.2. The van der Waals surface area contributed by atoms with Gasteiger partial charge in [0.05, 0.1) is 5.69 Å². The smallest absolute Gasteiger partial charge is 0.319 e. The van der Waals surface area contributed by atoms with Gasteiger partial charge in [-0.3, -0.25) is 3.97 Å². The summed E-state index contributed by atoms with van der Waals surface area (Å²) in [6.07, 6.45) is 4.48. The van der Waals surface area contributed by atoms with Crippen molar-refractivity contribution >= 4 is 35.3 Å². The zero-order valence-corrected chi connectivity index (χ0v) is 22.2. The molecule has 0 aliphatic carbocycles. The summed E-state index contributed by atoms with van der Waals surface area (Å²) in [5.41, 5.74) is 5.07. The Hall–Kier alpha value is -4.00. The van der Waals surface area contributed by atoms with Crippen LogP contribution in [0, 0.1) is 0 Å². The van der Waals surface area contributed by atoms with E-state index in [0.29, 0.717) is 23.7 Å². The predicted octanol–water partition coefficient (Wildman–Crippen LogP) is 7.39. The van der Waals surface area contributed by atoms with Gasteiger partial charge in [-0.05, 0) is 46.8 Å². The standard InChI is InChI=1S/C31H27ClN4OS/c32-27-17-10-18-28(21-27)35-30(37)33-20-19-29-22-36(23-34-29)38-31(24-11-4-1-5-12-24,25-13-6-2-7-14-25)26-15-8-3-9-16-26/h1-18,21-23H,19-20H2,(H2,33,35,37). The van der Waals surface area contributed by atoms with Crippen LogP contribution in [0.2, 0.25) is 5.02 Å². The first-order chi connectivity index (χ1) is 18.6. The Bertz CT molecular complexity index is 1380. The van der Waals surface area contributed by atoms with Crippen molar-refractivity contribution in [1.29, 1.82) is 0 Å². The van der Waals surface area contributed by atoms with Gasteiger partial charge in [0.15, 0.2) is 0 Å². The van der Waals surface area contributed by atoms with Gasteiger partial charge in [0, 0.05) is 29.9 Å². The molecule has 0 aliphatic heterocycles. The number of hydrogen-bond acceptors (Lipinski definition) is 3. The van der Waals surface area contributed by atoms with E-state index in [2.05, 4.69) is 92.4 Å². The van der Waals surface area contributed by atoms with Crippen LogP contribution in [-0.2, 0) is 11.2 Å². The first kappa shape index (κ1) is 25.6. The van der Waals surface area contributed by atoms with Crippen LogP contribution < -0.4 is 10.6 Å². The molecule has 1 aromatic heterocycles. The molecule has 5 rings (SSSR count). The van der Waals surface area contributed by atoms with Crippen molar-refractivity contribution in [2.75, 3.05) is 11.9 Å². The number of carbonyl (C=O) groups excluding carboxylic acids is 1. The van der Waals surface area contributed by atoms with E-state index >= 15 is 0 Å². The fourth-order valence-corrected chi connectivity index (χ4v) is 5.90. The van der Waals surface area contributed by atoms with E-state index in [1.807, 2.05) is 30.7 Å². The number of nitrogens with zero attached hydrogens (tertiary/aromatic N) is 2. The average molecular weight is 539 g/mol. The van der Waals surface area contributed by atoms with Crippen molar-refractivity contribution in [1.82, 2.24) is 14.3 Å². The number of imidazole rings is 1. The fraction of sp³-hybridized carbons (Fsp3) is 0.0968. The van der Waals surface area contributed by atoms with Crippen LogP contribution in [0.5, 0.6) is 0 Å². The Morgan fingerprint density at radius 2 is 1.39 bits per heavy atom. The summed E-state index contributed by atoms with van der Waals surface area (Å²) >= 11 is 7.69.